The summed E-state index contributed by atoms with van der Waals surface area (Å²) in [6.07, 6.45) is 2.13. The van der Waals surface area contributed by atoms with Gasteiger partial charge in [-0.2, -0.15) is 0 Å². The summed E-state index contributed by atoms with van der Waals surface area (Å²) in [7, 11) is 0. The van der Waals surface area contributed by atoms with Crippen LogP contribution in [0, 0.1) is 0 Å². The molecule has 2 aliphatic rings. The Morgan fingerprint density at radius 2 is 2.05 bits per heavy atom. The van der Waals surface area contributed by atoms with Crippen LogP contribution in [0.25, 0.3) is 0 Å². The van der Waals surface area contributed by atoms with Gasteiger partial charge in [-0.1, -0.05) is 30.3 Å². The van der Waals surface area contributed by atoms with E-state index in [4.69, 9.17) is 4.74 Å². The predicted octanol–water partition coefficient (Wildman–Crippen LogP) is 2.15. The highest BCUT2D eigenvalue weighted by atomic mass is 35.5. The number of nitrogens with one attached hydrogen (secondary N) is 1. The van der Waals surface area contributed by atoms with Gasteiger partial charge in [-0.25, -0.2) is 0 Å². The number of ether oxygens (including phenoxy) is 1. The molecule has 1 aromatic rings. The minimum absolute atomic E-state index is 0. The first kappa shape index (κ1) is 16.3. The van der Waals surface area contributed by atoms with Crippen LogP contribution in [0.5, 0.6) is 0 Å². The monoisotopic (exact) mass is 310 g/mol. The molecule has 0 bridgehead atoms. The zero-order valence-corrected chi connectivity index (χ0v) is 13.1. The summed E-state index contributed by atoms with van der Waals surface area (Å²) >= 11 is 0. The van der Waals surface area contributed by atoms with Gasteiger partial charge in [0.15, 0.2) is 0 Å². The van der Waals surface area contributed by atoms with Crippen molar-refractivity contribution in [1.82, 2.24) is 10.2 Å². The van der Waals surface area contributed by atoms with Crippen LogP contribution in [0.3, 0.4) is 0 Å². The van der Waals surface area contributed by atoms with Crippen LogP contribution in [0.4, 0.5) is 0 Å². The number of hydrogen-bond acceptors (Lipinski definition) is 3. The second-order valence-corrected chi connectivity index (χ2v) is 5.74. The highest BCUT2D eigenvalue weighted by molar-refractivity contribution is 5.85. The highest BCUT2D eigenvalue weighted by Crippen LogP contribution is 2.26. The second kappa shape index (κ2) is 7.25. The average molecular weight is 311 g/mol. The number of amides is 1. The summed E-state index contributed by atoms with van der Waals surface area (Å²) in [5.74, 6) is 0.235. The number of carbonyl (C=O) groups is 1. The molecular formula is C16H23ClN2O2. The molecule has 116 valence electrons. The average Bonchev–Trinajstić information content (AvgIpc) is 3.01. The molecule has 21 heavy (non-hydrogen) atoms. The van der Waals surface area contributed by atoms with Crippen LogP contribution in [-0.4, -0.2) is 42.6 Å². The van der Waals surface area contributed by atoms with E-state index >= 15 is 0 Å². The van der Waals surface area contributed by atoms with Crippen LogP contribution < -0.4 is 5.32 Å². The maximum atomic E-state index is 12.5. The minimum Gasteiger partial charge on any atom is -0.367 e. The van der Waals surface area contributed by atoms with Crippen molar-refractivity contribution in [3.63, 3.8) is 0 Å². The Bertz CT molecular complexity index is 463. The number of nitrogens with zero attached hydrogens (tertiary/aromatic N) is 1. The molecule has 0 radical (unpaired) electrons. The van der Waals surface area contributed by atoms with Crippen LogP contribution in [-0.2, 0) is 9.53 Å². The number of morpholine rings is 1. The molecule has 3 rings (SSSR count). The van der Waals surface area contributed by atoms with E-state index < -0.39 is 0 Å². The van der Waals surface area contributed by atoms with Gasteiger partial charge in [-0.15, -0.1) is 12.4 Å². The lowest BCUT2D eigenvalue weighted by molar-refractivity contribution is -0.146. The molecule has 0 saturated carbocycles. The van der Waals surface area contributed by atoms with E-state index in [0.717, 1.165) is 24.9 Å². The van der Waals surface area contributed by atoms with Crippen LogP contribution >= 0.6 is 12.4 Å². The van der Waals surface area contributed by atoms with Gasteiger partial charge in [-0.3, -0.25) is 4.79 Å². The van der Waals surface area contributed by atoms with Crippen molar-refractivity contribution in [2.45, 2.75) is 38.0 Å². The molecule has 2 aliphatic heterocycles. The van der Waals surface area contributed by atoms with Gasteiger partial charge in [0.2, 0.25) is 5.91 Å². The zero-order valence-electron chi connectivity index (χ0n) is 12.3. The third kappa shape index (κ3) is 3.76. The molecule has 5 heteroatoms. The third-order valence-electron chi connectivity index (χ3n) is 4.10. The van der Waals surface area contributed by atoms with E-state index in [1.807, 2.05) is 30.0 Å². The number of rotatable bonds is 2. The largest absolute Gasteiger partial charge is 0.367 e. The van der Waals surface area contributed by atoms with E-state index in [0.29, 0.717) is 13.1 Å². The Labute approximate surface area is 132 Å². The van der Waals surface area contributed by atoms with Crippen LogP contribution in [0.2, 0.25) is 0 Å². The van der Waals surface area contributed by atoms with Crippen LogP contribution in [0.1, 0.15) is 31.4 Å². The Balaban J connectivity index is 0.00000161. The minimum atomic E-state index is -0.00898. The standard InChI is InChI=1S/C16H22N2O2.ClH/c1-12-10-18(16(19)14-8-5-9-17-14)11-15(20-12)13-6-3-2-4-7-13;/h2-4,6-7,12,14-15,17H,5,8-11H2,1H3;1H. The van der Waals surface area contributed by atoms with Crippen molar-refractivity contribution in [3.8, 4) is 0 Å². The Hall–Kier alpha value is -1.10. The SMILES string of the molecule is CC1CN(C(=O)C2CCCN2)CC(c2ccccc2)O1.Cl. The Morgan fingerprint density at radius 1 is 1.29 bits per heavy atom. The lowest BCUT2D eigenvalue weighted by Crippen LogP contribution is -2.51. The first-order valence-electron chi connectivity index (χ1n) is 7.46. The van der Waals surface area contributed by atoms with Gasteiger partial charge in [-0.05, 0) is 31.9 Å². The van der Waals surface area contributed by atoms with Gasteiger partial charge >= 0.3 is 0 Å². The summed E-state index contributed by atoms with van der Waals surface area (Å²) < 4.78 is 6.00. The van der Waals surface area contributed by atoms with Crippen molar-refractivity contribution >= 4 is 18.3 Å². The van der Waals surface area contributed by atoms with E-state index in [1.54, 1.807) is 0 Å². The number of carbonyl (C=O) groups excluding carboxylic acids is 1. The van der Waals surface area contributed by atoms with Crippen molar-refractivity contribution in [3.05, 3.63) is 35.9 Å². The summed E-state index contributed by atoms with van der Waals surface area (Å²) in [6, 6.07) is 10.2. The lowest BCUT2D eigenvalue weighted by Gasteiger charge is -2.38. The maximum Gasteiger partial charge on any atom is 0.239 e. The molecule has 0 aliphatic carbocycles. The number of benzene rings is 1. The fourth-order valence-electron chi connectivity index (χ4n) is 3.10. The third-order valence-corrected chi connectivity index (χ3v) is 4.10. The molecule has 2 heterocycles. The fourth-order valence-corrected chi connectivity index (χ4v) is 3.10. The summed E-state index contributed by atoms with van der Waals surface area (Å²) in [6.45, 7) is 4.35. The summed E-state index contributed by atoms with van der Waals surface area (Å²) in [5.41, 5.74) is 1.15. The van der Waals surface area contributed by atoms with Crippen molar-refractivity contribution in [2.75, 3.05) is 19.6 Å². The molecule has 0 spiro atoms. The first-order valence-corrected chi connectivity index (χ1v) is 7.46. The lowest BCUT2D eigenvalue weighted by atomic mass is 10.1. The van der Waals surface area contributed by atoms with E-state index in [2.05, 4.69) is 17.4 Å². The van der Waals surface area contributed by atoms with E-state index in [-0.39, 0.29) is 36.6 Å². The molecule has 1 amide bonds. The Kier molecular flexibility index (Phi) is 5.62. The van der Waals surface area contributed by atoms with Gasteiger partial charge in [0.1, 0.15) is 6.10 Å². The molecule has 1 aromatic carbocycles. The van der Waals surface area contributed by atoms with Crippen molar-refractivity contribution in [1.29, 1.82) is 0 Å². The molecule has 3 unspecified atom stereocenters. The molecule has 4 nitrogen and oxygen atoms in total. The summed E-state index contributed by atoms with van der Waals surface area (Å²) in [5, 5.41) is 3.29. The van der Waals surface area contributed by atoms with Crippen LogP contribution in [0.15, 0.2) is 30.3 Å². The molecule has 0 aromatic heterocycles. The molecule has 2 fully saturated rings. The number of hydrogen-bond donors (Lipinski definition) is 1. The maximum absolute atomic E-state index is 12.5. The molecule has 2 saturated heterocycles. The zero-order chi connectivity index (χ0) is 13.9. The normalized spacial score (nSPS) is 29.0. The molecule has 3 atom stereocenters. The topological polar surface area (TPSA) is 41.6 Å². The van der Waals surface area contributed by atoms with E-state index in [1.165, 1.54) is 0 Å². The van der Waals surface area contributed by atoms with Gasteiger partial charge in [0.25, 0.3) is 0 Å². The smallest absolute Gasteiger partial charge is 0.239 e. The van der Waals surface area contributed by atoms with Gasteiger partial charge in [0.05, 0.1) is 18.7 Å². The van der Waals surface area contributed by atoms with Gasteiger partial charge in [0, 0.05) is 6.54 Å². The van der Waals surface area contributed by atoms with E-state index in [9.17, 15) is 4.79 Å². The molecular weight excluding hydrogens is 288 g/mol. The van der Waals surface area contributed by atoms with Crippen molar-refractivity contribution in [2.24, 2.45) is 0 Å². The number of halogens is 1. The van der Waals surface area contributed by atoms with Gasteiger partial charge < -0.3 is 15.0 Å². The fraction of sp³-hybridized carbons (Fsp3) is 0.562. The summed E-state index contributed by atoms with van der Waals surface area (Å²) in [4.78, 5) is 14.5. The highest BCUT2D eigenvalue weighted by Gasteiger charge is 2.33. The Morgan fingerprint density at radius 3 is 2.71 bits per heavy atom. The second-order valence-electron chi connectivity index (χ2n) is 5.74. The predicted molar refractivity (Wildman–Crippen MR) is 84.6 cm³/mol. The molecule has 1 N–H and O–H groups in total. The quantitative estimate of drug-likeness (QED) is 0.910. The van der Waals surface area contributed by atoms with Crippen molar-refractivity contribution < 1.29 is 9.53 Å². The first-order chi connectivity index (χ1) is 9.74.